The van der Waals surface area contributed by atoms with E-state index in [1.807, 2.05) is 0 Å². The number of aromatic nitrogens is 3. The van der Waals surface area contributed by atoms with Crippen molar-refractivity contribution in [2.45, 2.75) is 13.1 Å². The van der Waals surface area contributed by atoms with Gasteiger partial charge in [-0.25, -0.2) is 14.3 Å². The molecule has 0 atom stereocenters. The maximum absolute atomic E-state index is 13.0. The summed E-state index contributed by atoms with van der Waals surface area (Å²) in [5.74, 6) is -1.32. The van der Waals surface area contributed by atoms with Gasteiger partial charge in [0.05, 0.1) is 34.8 Å². The van der Waals surface area contributed by atoms with Gasteiger partial charge in [0.25, 0.3) is 5.91 Å². The van der Waals surface area contributed by atoms with Crippen molar-refractivity contribution in [3.8, 4) is 11.3 Å². The molecule has 0 radical (unpaired) electrons. The molecule has 1 amide bonds. The van der Waals surface area contributed by atoms with Crippen molar-refractivity contribution in [1.29, 1.82) is 0 Å². The number of rotatable bonds is 5. The molecule has 0 aliphatic rings. The van der Waals surface area contributed by atoms with Crippen LogP contribution >= 0.6 is 11.6 Å². The number of amides is 1. The molecule has 2 aromatic heterocycles. The van der Waals surface area contributed by atoms with Crippen molar-refractivity contribution in [2.24, 2.45) is 0 Å². The van der Waals surface area contributed by atoms with Crippen LogP contribution in [0.4, 0.5) is 18.9 Å². The Bertz CT molecular complexity index is 1400. The van der Waals surface area contributed by atoms with Crippen molar-refractivity contribution in [1.82, 2.24) is 14.6 Å². The van der Waals surface area contributed by atoms with Gasteiger partial charge in [-0.1, -0.05) is 23.7 Å². The van der Waals surface area contributed by atoms with Gasteiger partial charge < -0.3 is 10.1 Å². The molecule has 0 spiro atoms. The van der Waals surface area contributed by atoms with Gasteiger partial charge >= 0.3 is 12.1 Å². The van der Waals surface area contributed by atoms with Gasteiger partial charge in [0.1, 0.15) is 5.56 Å². The number of ether oxygens (including phenoxy) is 1. The largest absolute Gasteiger partial charge is 0.462 e. The third kappa shape index (κ3) is 4.58. The molecule has 4 rings (SSSR count). The van der Waals surface area contributed by atoms with Gasteiger partial charge in [-0.05, 0) is 43.3 Å². The summed E-state index contributed by atoms with van der Waals surface area (Å²) in [7, 11) is 0. The third-order valence-electron chi connectivity index (χ3n) is 4.86. The number of carbonyl (C=O) groups excluding carboxylic acids is 2. The lowest BCUT2D eigenvalue weighted by atomic mass is 10.1. The quantitative estimate of drug-likeness (QED) is 0.375. The van der Waals surface area contributed by atoms with Crippen LogP contribution in [0.15, 0.2) is 60.9 Å². The Labute approximate surface area is 196 Å². The number of benzene rings is 2. The van der Waals surface area contributed by atoms with Crippen molar-refractivity contribution < 1.29 is 27.5 Å². The molecule has 0 aliphatic heterocycles. The molecule has 0 saturated heterocycles. The standard InChI is InChI=1S/C23H16ClF3N4O3/c1-2-34-22(33)16-12-29-31-19(8-9-28-20(16)31)13-6-7-17(24)18(11-13)30-21(32)14-4-3-5-15(10-14)23(25,26)27/h3-12H,2H2,1H3,(H,30,32). The monoisotopic (exact) mass is 488 g/mol. The summed E-state index contributed by atoms with van der Waals surface area (Å²) in [5, 5.41) is 6.95. The molecule has 174 valence electrons. The number of nitrogens with one attached hydrogen (secondary N) is 1. The van der Waals surface area contributed by atoms with E-state index in [0.29, 0.717) is 11.3 Å². The highest BCUT2D eigenvalue weighted by Gasteiger charge is 2.31. The average Bonchev–Trinajstić information content (AvgIpc) is 3.25. The SMILES string of the molecule is CCOC(=O)c1cnn2c(-c3ccc(Cl)c(NC(=O)c4cccc(C(F)(F)F)c4)c3)ccnc12. The van der Waals surface area contributed by atoms with Crippen molar-refractivity contribution in [3.05, 3.63) is 82.6 Å². The molecule has 4 aromatic rings. The zero-order valence-corrected chi connectivity index (χ0v) is 18.3. The number of anilines is 1. The molecule has 7 nitrogen and oxygen atoms in total. The zero-order chi connectivity index (χ0) is 24.5. The summed E-state index contributed by atoms with van der Waals surface area (Å²) in [6.07, 6.45) is -1.74. The Morgan fingerprint density at radius 2 is 1.94 bits per heavy atom. The van der Waals surface area contributed by atoms with E-state index >= 15 is 0 Å². The van der Waals surface area contributed by atoms with Crippen LogP contribution in [0.2, 0.25) is 5.02 Å². The van der Waals surface area contributed by atoms with Crippen LogP contribution in [0.3, 0.4) is 0 Å². The van der Waals surface area contributed by atoms with Crippen LogP contribution in [-0.2, 0) is 10.9 Å². The molecule has 0 aliphatic carbocycles. The first-order valence-corrected chi connectivity index (χ1v) is 10.3. The van der Waals surface area contributed by atoms with Crippen molar-refractivity contribution in [3.63, 3.8) is 0 Å². The molecule has 1 N–H and O–H groups in total. The number of alkyl halides is 3. The summed E-state index contributed by atoms with van der Waals surface area (Å²) < 4.78 is 45.4. The lowest BCUT2D eigenvalue weighted by molar-refractivity contribution is -0.137. The maximum atomic E-state index is 13.0. The highest BCUT2D eigenvalue weighted by Crippen LogP contribution is 2.31. The molecule has 34 heavy (non-hydrogen) atoms. The van der Waals surface area contributed by atoms with E-state index < -0.39 is 23.6 Å². The van der Waals surface area contributed by atoms with Gasteiger partial charge in [-0.15, -0.1) is 0 Å². The highest BCUT2D eigenvalue weighted by atomic mass is 35.5. The van der Waals surface area contributed by atoms with Crippen molar-refractivity contribution >= 4 is 34.8 Å². The van der Waals surface area contributed by atoms with E-state index in [1.165, 1.54) is 29.0 Å². The van der Waals surface area contributed by atoms with Crippen LogP contribution in [0, 0.1) is 0 Å². The minimum absolute atomic E-state index is 0.172. The van der Waals surface area contributed by atoms with Crippen LogP contribution in [0.25, 0.3) is 16.9 Å². The first kappa shape index (κ1) is 23.2. The molecule has 0 unspecified atom stereocenters. The van der Waals surface area contributed by atoms with Crippen molar-refractivity contribution in [2.75, 3.05) is 11.9 Å². The predicted octanol–water partition coefficient (Wildman–Crippen LogP) is 5.50. The van der Waals surface area contributed by atoms with Gasteiger partial charge in [-0.3, -0.25) is 4.79 Å². The first-order valence-electron chi connectivity index (χ1n) is 9.97. The molecule has 11 heteroatoms. The van der Waals surface area contributed by atoms with E-state index in [9.17, 15) is 22.8 Å². The second-order valence-corrected chi connectivity index (χ2v) is 7.48. The maximum Gasteiger partial charge on any atom is 0.416 e. The first-order chi connectivity index (χ1) is 16.2. The molecule has 0 fully saturated rings. The van der Waals surface area contributed by atoms with Crippen LogP contribution < -0.4 is 5.32 Å². The summed E-state index contributed by atoms with van der Waals surface area (Å²) in [5.41, 5.74) is 0.644. The fourth-order valence-corrected chi connectivity index (χ4v) is 3.44. The molecule has 2 aromatic carbocycles. The Kier molecular flexibility index (Phi) is 6.25. The van der Waals surface area contributed by atoms with Crippen LogP contribution in [0.5, 0.6) is 0 Å². The number of nitrogens with zero attached hydrogens (tertiary/aromatic N) is 3. The minimum Gasteiger partial charge on any atom is -0.462 e. The second kappa shape index (κ2) is 9.14. The number of hydrogen-bond acceptors (Lipinski definition) is 5. The normalized spacial score (nSPS) is 11.4. The number of carbonyl (C=O) groups is 2. The van der Waals surface area contributed by atoms with Gasteiger partial charge in [-0.2, -0.15) is 18.3 Å². The van der Waals surface area contributed by atoms with E-state index in [-0.39, 0.29) is 34.1 Å². The molecule has 2 heterocycles. The van der Waals surface area contributed by atoms with Crippen LogP contribution in [-0.4, -0.2) is 33.1 Å². The molecular formula is C23H16ClF3N4O3. The smallest absolute Gasteiger partial charge is 0.416 e. The van der Waals surface area contributed by atoms with E-state index in [4.69, 9.17) is 16.3 Å². The summed E-state index contributed by atoms with van der Waals surface area (Å²) in [6, 6.07) is 10.5. The van der Waals surface area contributed by atoms with Gasteiger partial charge in [0.15, 0.2) is 5.65 Å². The minimum atomic E-state index is -4.58. The summed E-state index contributed by atoms with van der Waals surface area (Å²) in [4.78, 5) is 29.0. The summed E-state index contributed by atoms with van der Waals surface area (Å²) >= 11 is 6.23. The number of esters is 1. The fraction of sp³-hybridized carbons (Fsp3) is 0.130. The second-order valence-electron chi connectivity index (χ2n) is 7.07. The van der Waals surface area contributed by atoms with Gasteiger partial charge in [0.2, 0.25) is 0 Å². The predicted molar refractivity (Wildman–Crippen MR) is 119 cm³/mol. The zero-order valence-electron chi connectivity index (χ0n) is 17.6. The van der Waals surface area contributed by atoms with E-state index in [0.717, 1.165) is 18.2 Å². The topological polar surface area (TPSA) is 85.6 Å². The lowest BCUT2D eigenvalue weighted by Gasteiger charge is -2.12. The van der Waals surface area contributed by atoms with Gasteiger partial charge in [0, 0.05) is 17.3 Å². The molecular weight excluding hydrogens is 473 g/mol. The Morgan fingerprint density at radius 1 is 1.15 bits per heavy atom. The molecule has 0 bridgehead atoms. The van der Waals surface area contributed by atoms with Crippen LogP contribution in [0.1, 0.15) is 33.2 Å². The average molecular weight is 489 g/mol. The fourth-order valence-electron chi connectivity index (χ4n) is 3.27. The highest BCUT2D eigenvalue weighted by molar-refractivity contribution is 6.34. The number of halogens is 4. The third-order valence-corrected chi connectivity index (χ3v) is 5.19. The van der Waals surface area contributed by atoms with E-state index in [1.54, 1.807) is 25.1 Å². The Balaban J connectivity index is 1.68. The summed E-state index contributed by atoms with van der Waals surface area (Å²) in [6.45, 7) is 1.88. The number of fused-ring (bicyclic) bond motifs is 1. The number of hydrogen-bond donors (Lipinski definition) is 1. The Morgan fingerprint density at radius 3 is 2.68 bits per heavy atom. The van der Waals surface area contributed by atoms with E-state index in [2.05, 4.69) is 15.4 Å². The molecule has 0 saturated carbocycles. The Hall–Kier alpha value is -3.92. The lowest BCUT2D eigenvalue weighted by Crippen LogP contribution is -2.14.